The third-order valence-electron chi connectivity index (χ3n) is 2.03. The van der Waals surface area contributed by atoms with Crippen LogP contribution < -0.4 is 19.9 Å². The van der Waals surface area contributed by atoms with Crippen LogP contribution in [-0.2, 0) is 10.2 Å². The highest BCUT2D eigenvalue weighted by Gasteiger charge is 2.14. The number of hydrogen-bond acceptors (Lipinski definition) is 5. The zero-order chi connectivity index (χ0) is 15.2. The van der Waals surface area contributed by atoms with E-state index >= 15 is 0 Å². The maximum absolute atomic E-state index is 11.8. The van der Waals surface area contributed by atoms with Crippen molar-refractivity contribution < 1.29 is 18.4 Å². The Bertz CT molecular complexity index is 572. The van der Waals surface area contributed by atoms with Gasteiger partial charge in [0.15, 0.2) is 5.84 Å². The molecule has 0 aromatic heterocycles. The molecule has 0 aliphatic carbocycles. The van der Waals surface area contributed by atoms with Crippen LogP contribution in [0.4, 0.5) is 5.69 Å². The Balaban J connectivity index is 2.85. The molecule has 0 saturated carbocycles. The largest absolute Gasteiger partial charge is 0.483 e. The Hall–Kier alpha value is -2.00. The number of benzene rings is 1. The van der Waals surface area contributed by atoms with Gasteiger partial charge in [0.25, 0.3) is 10.2 Å². The predicted octanol–water partition coefficient (Wildman–Crippen LogP) is 0.466. The monoisotopic (exact) mass is 302 g/mol. The summed E-state index contributed by atoms with van der Waals surface area (Å²) in [6.45, 7) is 3.26. The van der Waals surface area contributed by atoms with Gasteiger partial charge in [0.1, 0.15) is 12.4 Å². The summed E-state index contributed by atoms with van der Waals surface area (Å²) in [5.74, 6) is 0.149. The lowest BCUT2D eigenvalue weighted by atomic mass is 10.3. The van der Waals surface area contributed by atoms with E-state index in [0.717, 1.165) is 0 Å². The van der Waals surface area contributed by atoms with Crippen molar-refractivity contribution in [1.29, 1.82) is 0 Å². The Morgan fingerprint density at radius 2 is 2.10 bits per heavy atom. The average molecular weight is 302 g/mol. The van der Waals surface area contributed by atoms with Gasteiger partial charge >= 0.3 is 0 Å². The van der Waals surface area contributed by atoms with Crippen LogP contribution in [0.1, 0.15) is 13.8 Å². The molecule has 1 aromatic rings. The fourth-order valence-corrected chi connectivity index (χ4v) is 2.48. The van der Waals surface area contributed by atoms with Crippen molar-refractivity contribution in [3.05, 3.63) is 24.3 Å². The molecular formula is C11H18N4O4S. The number of nitrogens with one attached hydrogen (secondary N) is 2. The van der Waals surface area contributed by atoms with Gasteiger partial charge in [0.05, 0.1) is 5.69 Å². The third-order valence-corrected chi connectivity index (χ3v) is 3.30. The van der Waals surface area contributed by atoms with E-state index in [2.05, 4.69) is 14.6 Å². The highest BCUT2D eigenvalue weighted by Crippen LogP contribution is 2.24. The van der Waals surface area contributed by atoms with Crippen LogP contribution in [0.5, 0.6) is 5.75 Å². The molecule has 0 atom stereocenters. The fourth-order valence-electron chi connectivity index (χ4n) is 1.34. The van der Waals surface area contributed by atoms with Crippen molar-refractivity contribution in [2.24, 2.45) is 10.9 Å². The Morgan fingerprint density at radius 1 is 1.45 bits per heavy atom. The Morgan fingerprint density at radius 3 is 2.70 bits per heavy atom. The van der Waals surface area contributed by atoms with Crippen LogP contribution in [0, 0.1) is 0 Å². The van der Waals surface area contributed by atoms with Crippen molar-refractivity contribution in [3.63, 3.8) is 0 Å². The van der Waals surface area contributed by atoms with E-state index in [-0.39, 0.29) is 29.9 Å². The van der Waals surface area contributed by atoms with Crippen LogP contribution in [0.3, 0.4) is 0 Å². The molecular weight excluding hydrogens is 284 g/mol. The molecule has 8 nitrogen and oxygen atoms in total. The van der Waals surface area contributed by atoms with Crippen molar-refractivity contribution in [1.82, 2.24) is 4.72 Å². The summed E-state index contributed by atoms with van der Waals surface area (Å²) >= 11 is 0. The smallest absolute Gasteiger partial charge is 0.299 e. The summed E-state index contributed by atoms with van der Waals surface area (Å²) in [5.41, 5.74) is 5.54. The minimum Gasteiger partial charge on any atom is -0.483 e. The zero-order valence-electron chi connectivity index (χ0n) is 11.2. The summed E-state index contributed by atoms with van der Waals surface area (Å²) in [4.78, 5) is 0. The molecule has 0 radical (unpaired) electrons. The first-order valence-electron chi connectivity index (χ1n) is 5.82. The lowest BCUT2D eigenvalue weighted by molar-refractivity contribution is 0.306. The molecule has 0 amide bonds. The van der Waals surface area contributed by atoms with Gasteiger partial charge in [-0.15, -0.1) is 0 Å². The number of oxime groups is 1. The van der Waals surface area contributed by atoms with Gasteiger partial charge in [-0.05, 0) is 26.0 Å². The van der Waals surface area contributed by atoms with Crippen LogP contribution >= 0.6 is 0 Å². The number of ether oxygens (including phenoxy) is 1. The summed E-state index contributed by atoms with van der Waals surface area (Å²) in [6.07, 6.45) is 0. The minimum atomic E-state index is -3.69. The van der Waals surface area contributed by atoms with E-state index in [0.29, 0.717) is 0 Å². The molecule has 0 fully saturated rings. The Kier molecular flexibility index (Phi) is 5.59. The molecule has 0 spiro atoms. The van der Waals surface area contributed by atoms with Gasteiger partial charge in [-0.3, -0.25) is 4.72 Å². The van der Waals surface area contributed by atoms with Crippen molar-refractivity contribution in [2.75, 3.05) is 11.3 Å². The molecule has 1 rings (SSSR count). The fraction of sp³-hybridized carbons (Fsp3) is 0.364. The number of rotatable bonds is 7. The van der Waals surface area contributed by atoms with Crippen molar-refractivity contribution in [2.45, 2.75) is 19.9 Å². The number of hydrogen-bond donors (Lipinski definition) is 4. The maximum Gasteiger partial charge on any atom is 0.299 e. The highest BCUT2D eigenvalue weighted by atomic mass is 32.2. The Labute approximate surface area is 117 Å². The SMILES string of the molecule is CC(C)NS(=O)(=O)Nc1ccccc1OC/C(N)=N/O. The molecule has 9 heteroatoms. The van der Waals surface area contributed by atoms with Crippen LogP contribution in [0.25, 0.3) is 0 Å². The van der Waals surface area contributed by atoms with E-state index in [1.807, 2.05) is 0 Å². The van der Waals surface area contributed by atoms with Crippen molar-refractivity contribution in [3.8, 4) is 5.75 Å². The standard InChI is InChI=1S/C11H18N4O4S/c1-8(2)14-20(17,18)15-9-5-3-4-6-10(9)19-7-11(12)13-16/h3-6,8,14-16H,7H2,1-2H3,(H2,12,13). The first kappa shape index (κ1) is 16.1. The minimum absolute atomic E-state index is 0.122. The lowest BCUT2D eigenvalue weighted by Crippen LogP contribution is -2.35. The van der Waals surface area contributed by atoms with Crippen LogP contribution in [-0.4, -0.2) is 32.1 Å². The zero-order valence-corrected chi connectivity index (χ0v) is 12.0. The van der Waals surface area contributed by atoms with Crippen LogP contribution in [0.15, 0.2) is 29.4 Å². The molecule has 0 saturated heterocycles. The van der Waals surface area contributed by atoms with Crippen molar-refractivity contribution >= 4 is 21.7 Å². The quantitative estimate of drug-likeness (QED) is 0.252. The molecule has 0 bridgehead atoms. The molecule has 112 valence electrons. The first-order valence-corrected chi connectivity index (χ1v) is 7.30. The molecule has 0 unspecified atom stereocenters. The lowest BCUT2D eigenvalue weighted by Gasteiger charge is -2.14. The van der Waals surface area contributed by atoms with E-state index < -0.39 is 10.2 Å². The average Bonchev–Trinajstić information content (AvgIpc) is 2.35. The van der Waals surface area contributed by atoms with Crippen LogP contribution in [0.2, 0.25) is 0 Å². The van der Waals surface area contributed by atoms with E-state index in [1.165, 1.54) is 0 Å². The molecule has 5 N–H and O–H groups in total. The van der Waals surface area contributed by atoms with Gasteiger partial charge in [0, 0.05) is 6.04 Å². The van der Waals surface area contributed by atoms with E-state index in [4.69, 9.17) is 15.7 Å². The summed E-state index contributed by atoms with van der Waals surface area (Å²) in [5, 5.41) is 11.2. The summed E-state index contributed by atoms with van der Waals surface area (Å²) in [7, 11) is -3.69. The van der Waals surface area contributed by atoms with Gasteiger partial charge in [-0.2, -0.15) is 13.1 Å². The van der Waals surface area contributed by atoms with E-state index in [1.54, 1.807) is 38.1 Å². The van der Waals surface area contributed by atoms with Gasteiger partial charge < -0.3 is 15.7 Å². The second-order valence-corrected chi connectivity index (χ2v) is 5.70. The highest BCUT2D eigenvalue weighted by molar-refractivity contribution is 7.90. The number of para-hydroxylation sites is 2. The maximum atomic E-state index is 11.8. The normalized spacial score (nSPS) is 12.4. The molecule has 0 aliphatic rings. The number of nitrogens with two attached hydrogens (primary N) is 1. The first-order chi connectivity index (χ1) is 9.34. The molecule has 20 heavy (non-hydrogen) atoms. The topological polar surface area (TPSA) is 126 Å². The number of amidine groups is 1. The van der Waals surface area contributed by atoms with Gasteiger partial charge in [-0.25, -0.2) is 0 Å². The summed E-state index contributed by atoms with van der Waals surface area (Å²) < 4.78 is 33.6. The predicted molar refractivity (Wildman–Crippen MR) is 76.2 cm³/mol. The third kappa shape index (κ3) is 5.33. The molecule has 0 aliphatic heterocycles. The second kappa shape index (κ2) is 6.96. The number of nitrogens with zero attached hydrogens (tertiary/aromatic N) is 1. The molecule has 1 aromatic carbocycles. The number of anilines is 1. The summed E-state index contributed by atoms with van der Waals surface area (Å²) in [6, 6.07) is 6.20. The second-order valence-electron chi connectivity index (χ2n) is 4.25. The molecule has 0 heterocycles. The van der Waals surface area contributed by atoms with Gasteiger partial charge in [-0.1, -0.05) is 17.3 Å². The van der Waals surface area contributed by atoms with E-state index in [9.17, 15) is 8.42 Å². The van der Waals surface area contributed by atoms with Gasteiger partial charge in [0.2, 0.25) is 0 Å².